The molecule has 1 nitrogen and oxygen atoms in total. The van der Waals surface area contributed by atoms with Gasteiger partial charge in [-0.3, -0.25) is 0 Å². The lowest BCUT2D eigenvalue weighted by Crippen LogP contribution is -1.79. The Balaban J connectivity index is 2.93. The second kappa shape index (κ2) is 2.56. The first-order valence-corrected chi connectivity index (χ1v) is 4.79. The topological polar surface area (TPSA) is 12.9 Å². The third kappa shape index (κ3) is 1.03. The molecule has 2 heteroatoms. The summed E-state index contributed by atoms with van der Waals surface area (Å²) in [5.74, 6) is 0. The van der Waals surface area contributed by atoms with E-state index in [4.69, 9.17) is 0 Å². The third-order valence-corrected chi connectivity index (χ3v) is 2.97. The minimum atomic E-state index is 1.16. The lowest BCUT2D eigenvalue weighted by Gasteiger charge is -1.98. The van der Waals surface area contributed by atoms with Crippen molar-refractivity contribution in [3.05, 3.63) is 29.0 Å². The van der Waals surface area contributed by atoms with Crippen molar-refractivity contribution >= 4 is 21.6 Å². The van der Waals surface area contributed by atoms with Crippen molar-refractivity contribution in [2.75, 3.05) is 0 Å². The minimum absolute atomic E-state index is 1.16. The summed E-state index contributed by atoms with van der Waals surface area (Å²) in [7, 11) is 0. The summed E-state index contributed by atoms with van der Waals surface area (Å²) in [5, 5.41) is 1.34. The summed E-state index contributed by atoms with van der Waals surface area (Å²) < 4.78 is 5.65. The van der Waals surface area contributed by atoms with Gasteiger partial charge in [-0.05, 0) is 49.5 Å². The molecule has 0 amide bonds. The number of benzene rings is 1. The van der Waals surface area contributed by atoms with Crippen LogP contribution in [0.4, 0.5) is 0 Å². The molecule has 0 saturated carbocycles. The van der Waals surface area contributed by atoms with E-state index in [1.165, 1.54) is 21.2 Å². The van der Waals surface area contributed by atoms with Crippen LogP contribution in [-0.2, 0) is 0 Å². The van der Waals surface area contributed by atoms with Crippen LogP contribution >= 0.6 is 11.5 Å². The first-order chi connectivity index (χ1) is 5.68. The maximum Gasteiger partial charge on any atom is 0.0592 e. The maximum atomic E-state index is 4.34. The largest absolute Gasteiger partial charge is 0.197 e. The molecular formula is C10H11NS. The Morgan fingerprint density at radius 3 is 2.67 bits per heavy atom. The predicted molar refractivity (Wildman–Crippen MR) is 53.8 cm³/mol. The van der Waals surface area contributed by atoms with Gasteiger partial charge in [0.1, 0.15) is 0 Å². The minimum Gasteiger partial charge on any atom is -0.197 e. The van der Waals surface area contributed by atoms with Crippen LogP contribution in [0, 0.1) is 20.8 Å². The van der Waals surface area contributed by atoms with Crippen molar-refractivity contribution in [1.29, 1.82) is 0 Å². The summed E-state index contributed by atoms with van der Waals surface area (Å²) in [6.45, 7) is 6.35. The van der Waals surface area contributed by atoms with Crippen LogP contribution in [-0.4, -0.2) is 4.37 Å². The number of aryl methyl sites for hydroxylation is 3. The first-order valence-electron chi connectivity index (χ1n) is 4.02. The van der Waals surface area contributed by atoms with Crippen LogP contribution in [0.1, 0.15) is 16.8 Å². The monoisotopic (exact) mass is 177 g/mol. The fourth-order valence-corrected chi connectivity index (χ4v) is 2.59. The highest BCUT2D eigenvalue weighted by atomic mass is 32.1. The molecule has 62 valence electrons. The normalized spacial score (nSPS) is 10.9. The van der Waals surface area contributed by atoms with Crippen molar-refractivity contribution < 1.29 is 0 Å². The van der Waals surface area contributed by atoms with E-state index in [1.54, 1.807) is 11.5 Å². The van der Waals surface area contributed by atoms with E-state index >= 15 is 0 Å². The molecule has 1 aromatic carbocycles. The molecule has 0 aliphatic carbocycles. The number of fused-ring (bicyclic) bond motifs is 1. The molecule has 0 aliphatic heterocycles. The Labute approximate surface area is 76.2 Å². The van der Waals surface area contributed by atoms with Gasteiger partial charge in [0.15, 0.2) is 0 Å². The Hall–Kier alpha value is -0.890. The smallest absolute Gasteiger partial charge is 0.0592 e. The van der Waals surface area contributed by atoms with Crippen LogP contribution in [0.3, 0.4) is 0 Å². The zero-order valence-electron chi connectivity index (χ0n) is 7.51. The summed E-state index contributed by atoms with van der Waals surface area (Å²) in [5.41, 5.74) is 3.83. The predicted octanol–water partition coefficient (Wildman–Crippen LogP) is 3.22. The van der Waals surface area contributed by atoms with Crippen molar-refractivity contribution in [3.63, 3.8) is 0 Å². The Morgan fingerprint density at radius 1 is 1.17 bits per heavy atom. The number of hydrogen-bond donors (Lipinski definition) is 0. The highest BCUT2D eigenvalue weighted by Crippen LogP contribution is 2.26. The highest BCUT2D eigenvalue weighted by molar-refractivity contribution is 7.13. The summed E-state index contributed by atoms with van der Waals surface area (Å²) in [4.78, 5) is 0. The summed E-state index contributed by atoms with van der Waals surface area (Å²) in [6.07, 6.45) is 0. The fourth-order valence-electron chi connectivity index (χ4n) is 1.63. The van der Waals surface area contributed by atoms with Gasteiger partial charge in [-0.2, -0.15) is 4.37 Å². The molecule has 12 heavy (non-hydrogen) atoms. The second-order valence-electron chi connectivity index (χ2n) is 3.22. The Bertz CT molecular complexity index is 429. The van der Waals surface area contributed by atoms with E-state index in [1.807, 2.05) is 0 Å². The standard InChI is InChI=1S/C10H11NS/c1-6-4-7(2)10-8(3)11-12-9(10)5-6/h4-5H,1-3H3. The van der Waals surface area contributed by atoms with Gasteiger partial charge in [-0.25, -0.2) is 0 Å². The van der Waals surface area contributed by atoms with E-state index in [9.17, 15) is 0 Å². The van der Waals surface area contributed by atoms with E-state index in [0.29, 0.717) is 0 Å². The van der Waals surface area contributed by atoms with Gasteiger partial charge in [0.05, 0.1) is 10.4 Å². The lowest BCUT2D eigenvalue weighted by atomic mass is 10.1. The van der Waals surface area contributed by atoms with Gasteiger partial charge >= 0.3 is 0 Å². The van der Waals surface area contributed by atoms with Crippen LogP contribution in [0.5, 0.6) is 0 Å². The first kappa shape index (κ1) is 7.74. The van der Waals surface area contributed by atoms with Crippen molar-refractivity contribution in [2.24, 2.45) is 0 Å². The second-order valence-corrected chi connectivity index (χ2v) is 4.03. The van der Waals surface area contributed by atoms with Crippen LogP contribution in [0.2, 0.25) is 0 Å². The van der Waals surface area contributed by atoms with E-state index in [2.05, 4.69) is 37.3 Å². The highest BCUT2D eigenvalue weighted by Gasteiger charge is 2.04. The lowest BCUT2D eigenvalue weighted by molar-refractivity contribution is 1.35. The average molecular weight is 177 g/mol. The molecule has 1 aromatic heterocycles. The average Bonchev–Trinajstić information content (AvgIpc) is 2.31. The van der Waals surface area contributed by atoms with E-state index in [0.717, 1.165) is 5.69 Å². The molecule has 0 saturated heterocycles. The van der Waals surface area contributed by atoms with Crippen molar-refractivity contribution in [3.8, 4) is 0 Å². The molecule has 1 heterocycles. The molecule has 0 fully saturated rings. The van der Waals surface area contributed by atoms with E-state index in [-0.39, 0.29) is 0 Å². The quantitative estimate of drug-likeness (QED) is 0.602. The van der Waals surface area contributed by atoms with Crippen LogP contribution in [0.15, 0.2) is 12.1 Å². The van der Waals surface area contributed by atoms with Gasteiger partial charge in [-0.15, -0.1) is 0 Å². The molecule has 0 unspecified atom stereocenters. The molecule has 0 N–H and O–H groups in total. The number of aromatic nitrogens is 1. The zero-order chi connectivity index (χ0) is 8.72. The Kier molecular flexibility index (Phi) is 1.65. The summed E-state index contributed by atoms with van der Waals surface area (Å²) in [6, 6.07) is 4.41. The summed E-state index contributed by atoms with van der Waals surface area (Å²) >= 11 is 1.59. The van der Waals surface area contributed by atoms with Gasteiger partial charge in [-0.1, -0.05) is 6.07 Å². The molecule has 2 rings (SSSR count). The van der Waals surface area contributed by atoms with Gasteiger partial charge in [0.2, 0.25) is 0 Å². The molecular weight excluding hydrogens is 166 g/mol. The van der Waals surface area contributed by atoms with Crippen LogP contribution < -0.4 is 0 Å². The Morgan fingerprint density at radius 2 is 1.92 bits per heavy atom. The van der Waals surface area contributed by atoms with Crippen molar-refractivity contribution in [1.82, 2.24) is 4.37 Å². The number of nitrogens with zero attached hydrogens (tertiary/aromatic N) is 1. The third-order valence-electron chi connectivity index (χ3n) is 2.09. The SMILES string of the molecule is Cc1cc(C)c2c(C)nsc2c1. The van der Waals surface area contributed by atoms with Gasteiger partial charge < -0.3 is 0 Å². The molecule has 0 spiro atoms. The fraction of sp³-hybridized carbons (Fsp3) is 0.300. The molecule has 0 bridgehead atoms. The molecule has 0 radical (unpaired) electrons. The molecule has 0 atom stereocenters. The number of rotatable bonds is 0. The zero-order valence-corrected chi connectivity index (χ0v) is 8.33. The van der Waals surface area contributed by atoms with Crippen LogP contribution in [0.25, 0.3) is 10.1 Å². The maximum absolute atomic E-state index is 4.34. The number of hydrogen-bond acceptors (Lipinski definition) is 2. The van der Waals surface area contributed by atoms with Gasteiger partial charge in [0, 0.05) is 5.39 Å². The van der Waals surface area contributed by atoms with E-state index < -0.39 is 0 Å². The van der Waals surface area contributed by atoms with Crippen molar-refractivity contribution in [2.45, 2.75) is 20.8 Å². The van der Waals surface area contributed by atoms with Gasteiger partial charge in [0.25, 0.3) is 0 Å². The molecule has 2 aromatic rings. The molecule has 0 aliphatic rings.